The number of likely N-dealkylation sites (tertiary alicyclic amines) is 1. The van der Waals surface area contributed by atoms with E-state index in [0.717, 1.165) is 31.5 Å². The number of hydrogen-bond acceptors (Lipinski definition) is 3. The third-order valence-corrected chi connectivity index (χ3v) is 4.00. The van der Waals surface area contributed by atoms with E-state index in [9.17, 15) is 4.79 Å². The second kappa shape index (κ2) is 6.90. The maximum atomic E-state index is 12.8. The van der Waals surface area contributed by atoms with Gasteiger partial charge in [0.25, 0.3) is 5.91 Å². The van der Waals surface area contributed by atoms with Gasteiger partial charge in [-0.15, -0.1) is 0 Å². The second-order valence-corrected chi connectivity index (χ2v) is 5.50. The number of nitrogens with zero attached hydrogens (tertiary/aromatic N) is 2. The Kier molecular flexibility index (Phi) is 5.20. The van der Waals surface area contributed by atoms with Crippen molar-refractivity contribution in [1.29, 1.82) is 0 Å². The third-order valence-electron chi connectivity index (χ3n) is 4.00. The highest BCUT2D eigenvalue weighted by atomic mass is 16.5. The van der Waals surface area contributed by atoms with Crippen LogP contribution >= 0.6 is 0 Å². The van der Waals surface area contributed by atoms with Gasteiger partial charge in [-0.3, -0.25) is 4.79 Å². The van der Waals surface area contributed by atoms with Crippen molar-refractivity contribution in [2.24, 2.45) is 5.73 Å². The van der Waals surface area contributed by atoms with Crippen molar-refractivity contribution in [3.8, 4) is 0 Å². The molecule has 5 heteroatoms. The number of aromatic nitrogens is 1. The number of carbonyl (C=O) groups is 1. The van der Waals surface area contributed by atoms with Gasteiger partial charge in [0.2, 0.25) is 0 Å². The Labute approximate surface area is 120 Å². The minimum absolute atomic E-state index is 0.0154. The molecule has 2 heterocycles. The Bertz CT molecular complexity index is 442. The molecule has 1 aliphatic heterocycles. The van der Waals surface area contributed by atoms with Crippen molar-refractivity contribution in [3.63, 3.8) is 0 Å². The fraction of sp³-hybridized carbons (Fsp3) is 0.667. The topological polar surface area (TPSA) is 60.5 Å². The average molecular weight is 279 g/mol. The number of rotatable bonds is 5. The summed E-state index contributed by atoms with van der Waals surface area (Å²) in [6.07, 6.45) is 5.15. The standard InChI is InChI=1S/C15H25N3O2/c1-12(16)13-6-3-4-9-18(13)15(19)14-7-5-8-17(14)10-11-20-2/h5,7-8,12-13H,3-4,6,9-11,16H2,1-2H3. The molecule has 0 bridgehead atoms. The summed E-state index contributed by atoms with van der Waals surface area (Å²) >= 11 is 0. The monoisotopic (exact) mass is 279 g/mol. The van der Waals surface area contributed by atoms with E-state index in [1.165, 1.54) is 0 Å². The summed E-state index contributed by atoms with van der Waals surface area (Å²) < 4.78 is 7.05. The third kappa shape index (κ3) is 3.22. The Morgan fingerprint density at radius 1 is 1.55 bits per heavy atom. The van der Waals surface area contributed by atoms with Gasteiger partial charge in [0, 0.05) is 38.5 Å². The number of piperidine rings is 1. The number of methoxy groups -OCH3 is 1. The molecule has 5 nitrogen and oxygen atoms in total. The highest BCUT2D eigenvalue weighted by Gasteiger charge is 2.30. The Hall–Kier alpha value is -1.33. The molecule has 0 radical (unpaired) electrons. The van der Waals surface area contributed by atoms with Crippen LogP contribution in [0.25, 0.3) is 0 Å². The highest BCUT2D eigenvalue weighted by Crippen LogP contribution is 2.21. The molecular formula is C15H25N3O2. The fourth-order valence-corrected chi connectivity index (χ4v) is 2.90. The first-order valence-corrected chi connectivity index (χ1v) is 7.35. The molecule has 1 aliphatic rings. The van der Waals surface area contributed by atoms with Crippen LogP contribution in [0, 0.1) is 0 Å². The molecule has 0 saturated carbocycles. The van der Waals surface area contributed by atoms with Gasteiger partial charge in [-0.25, -0.2) is 0 Å². The first kappa shape index (κ1) is 15.1. The van der Waals surface area contributed by atoms with Gasteiger partial charge < -0.3 is 19.9 Å². The minimum Gasteiger partial charge on any atom is -0.383 e. The maximum Gasteiger partial charge on any atom is 0.270 e. The lowest BCUT2D eigenvalue weighted by Gasteiger charge is -2.38. The molecular weight excluding hydrogens is 254 g/mol. The van der Waals surface area contributed by atoms with Gasteiger partial charge >= 0.3 is 0 Å². The Morgan fingerprint density at radius 2 is 2.35 bits per heavy atom. The molecule has 2 unspecified atom stereocenters. The van der Waals surface area contributed by atoms with E-state index in [2.05, 4.69) is 0 Å². The van der Waals surface area contributed by atoms with Crippen LogP contribution in [-0.4, -0.2) is 47.7 Å². The van der Waals surface area contributed by atoms with Gasteiger partial charge in [-0.1, -0.05) is 0 Å². The van der Waals surface area contributed by atoms with Crippen LogP contribution in [0.2, 0.25) is 0 Å². The number of ether oxygens (including phenoxy) is 1. The van der Waals surface area contributed by atoms with Gasteiger partial charge in [-0.05, 0) is 38.3 Å². The van der Waals surface area contributed by atoms with E-state index in [4.69, 9.17) is 10.5 Å². The van der Waals surface area contributed by atoms with E-state index < -0.39 is 0 Å². The molecule has 0 aliphatic carbocycles. The molecule has 1 aromatic heterocycles. The van der Waals surface area contributed by atoms with Gasteiger partial charge in [0.15, 0.2) is 0 Å². The summed E-state index contributed by atoms with van der Waals surface area (Å²) in [4.78, 5) is 14.7. The van der Waals surface area contributed by atoms with Crippen molar-refractivity contribution < 1.29 is 9.53 Å². The SMILES string of the molecule is COCCn1cccc1C(=O)N1CCCCC1C(C)N. The number of nitrogens with two attached hydrogens (primary N) is 1. The second-order valence-electron chi connectivity index (χ2n) is 5.50. The van der Waals surface area contributed by atoms with E-state index in [0.29, 0.717) is 13.2 Å². The first-order valence-electron chi connectivity index (χ1n) is 7.35. The summed E-state index contributed by atoms with van der Waals surface area (Å²) in [6.45, 7) is 4.09. The van der Waals surface area contributed by atoms with E-state index in [1.807, 2.05) is 34.7 Å². The molecule has 20 heavy (non-hydrogen) atoms. The van der Waals surface area contributed by atoms with Crippen LogP contribution in [0.1, 0.15) is 36.7 Å². The van der Waals surface area contributed by atoms with Crippen LogP contribution in [0.3, 0.4) is 0 Å². The van der Waals surface area contributed by atoms with Gasteiger partial charge in [0.05, 0.1) is 6.61 Å². The summed E-state index contributed by atoms with van der Waals surface area (Å²) in [5, 5.41) is 0. The quantitative estimate of drug-likeness (QED) is 0.888. The van der Waals surface area contributed by atoms with Crippen LogP contribution < -0.4 is 5.73 Å². The summed E-state index contributed by atoms with van der Waals surface area (Å²) in [7, 11) is 1.67. The molecule has 0 spiro atoms. The smallest absolute Gasteiger partial charge is 0.270 e. The zero-order valence-electron chi connectivity index (χ0n) is 12.4. The van der Waals surface area contributed by atoms with Crippen molar-refractivity contribution in [2.75, 3.05) is 20.3 Å². The summed E-state index contributed by atoms with van der Waals surface area (Å²) in [6, 6.07) is 3.96. The highest BCUT2D eigenvalue weighted by molar-refractivity contribution is 5.93. The van der Waals surface area contributed by atoms with Crippen molar-refractivity contribution in [2.45, 2.75) is 44.8 Å². The largest absolute Gasteiger partial charge is 0.383 e. The average Bonchev–Trinajstić information content (AvgIpc) is 2.92. The molecule has 1 saturated heterocycles. The molecule has 2 atom stereocenters. The number of hydrogen-bond donors (Lipinski definition) is 1. The van der Waals surface area contributed by atoms with E-state index in [-0.39, 0.29) is 18.0 Å². The Balaban J connectivity index is 2.15. The Morgan fingerprint density at radius 3 is 3.05 bits per heavy atom. The number of carbonyl (C=O) groups excluding carboxylic acids is 1. The lowest BCUT2D eigenvalue weighted by atomic mass is 9.96. The van der Waals surface area contributed by atoms with Crippen molar-refractivity contribution >= 4 is 5.91 Å². The molecule has 0 aromatic carbocycles. The van der Waals surface area contributed by atoms with Crippen LogP contribution in [0.15, 0.2) is 18.3 Å². The fourth-order valence-electron chi connectivity index (χ4n) is 2.90. The lowest BCUT2D eigenvalue weighted by Crippen LogP contribution is -2.52. The minimum atomic E-state index is 0.0154. The lowest BCUT2D eigenvalue weighted by molar-refractivity contribution is 0.0570. The van der Waals surface area contributed by atoms with E-state index in [1.54, 1.807) is 7.11 Å². The molecule has 112 valence electrons. The van der Waals surface area contributed by atoms with Crippen LogP contribution in [-0.2, 0) is 11.3 Å². The molecule has 2 N–H and O–H groups in total. The molecule has 2 rings (SSSR count). The molecule has 1 aromatic rings. The summed E-state index contributed by atoms with van der Waals surface area (Å²) in [5.41, 5.74) is 6.78. The first-order chi connectivity index (χ1) is 9.65. The van der Waals surface area contributed by atoms with Crippen LogP contribution in [0.5, 0.6) is 0 Å². The molecule has 1 fully saturated rings. The normalized spacial score (nSPS) is 20.9. The predicted molar refractivity (Wildman–Crippen MR) is 78.6 cm³/mol. The predicted octanol–water partition coefficient (Wildman–Crippen LogP) is 1.48. The van der Waals surface area contributed by atoms with Crippen molar-refractivity contribution in [1.82, 2.24) is 9.47 Å². The summed E-state index contributed by atoms with van der Waals surface area (Å²) in [5.74, 6) is 0.0908. The molecule has 1 amide bonds. The van der Waals surface area contributed by atoms with E-state index >= 15 is 0 Å². The van der Waals surface area contributed by atoms with Crippen LogP contribution in [0.4, 0.5) is 0 Å². The maximum absolute atomic E-state index is 12.8. The zero-order chi connectivity index (χ0) is 14.5. The zero-order valence-corrected chi connectivity index (χ0v) is 12.4. The number of amides is 1. The van der Waals surface area contributed by atoms with Gasteiger partial charge in [0.1, 0.15) is 5.69 Å². The van der Waals surface area contributed by atoms with Crippen molar-refractivity contribution in [3.05, 3.63) is 24.0 Å². The van der Waals surface area contributed by atoms with Gasteiger partial charge in [-0.2, -0.15) is 0 Å².